The zero-order valence-corrected chi connectivity index (χ0v) is 17.1. The molecule has 0 bridgehead atoms. The second kappa shape index (κ2) is 9.58. The first-order valence-corrected chi connectivity index (χ1v) is 10.1. The van der Waals surface area contributed by atoms with Crippen LogP contribution < -0.4 is 21.3 Å². The summed E-state index contributed by atoms with van der Waals surface area (Å²) in [6, 6.07) is 36.2. The lowest BCUT2D eigenvalue weighted by atomic mass is 10.2. The number of rotatable bonds is 6. The fourth-order valence-electron chi connectivity index (χ4n) is 2.94. The van der Waals surface area contributed by atoms with E-state index in [1.807, 2.05) is 109 Å². The highest BCUT2D eigenvalue weighted by Gasteiger charge is 2.01. The molecule has 0 amide bonds. The van der Waals surface area contributed by atoms with Crippen LogP contribution in [0.4, 0.5) is 34.1 Å². The topological polar surface area (TPSA) is 48.1 Å². The van der Waals surface area contributed by atoms with Gasteiger partial charge < -0.3 is 21.3 Å². The highest BCUT2D eigenvalue weighted by atomic mass is 32.1. The minimum Gasteiger partial charge on any atom is -0.356 e. The van der Waals surface area contributed by atoms with Gasteiger partial charge in [0.25, 0.3) is 0 Å². The van der Waals surface area contributed by atoms with Crippen molar-refractivity contribution < 1.29 is 0 Å². The third kappa shape index (κ3) is 5.59. The Morgan fingerprint density at radius 1 is 0.400 bits per heavy atom. The molecule has 4 aromatic carbocycles. The average molecular weight is 411 g/mol. The molecule has 0 atom stereocenters. The van der Waals surface area contributed by atoms with E-state index in [0.29, 0.717) is 5.11 Å². The van der Waals surface area contributed by atoms with Crippen molar-refractivity contribution in [3.05, 3.63) is 109 Å². The van der Waals surface area contributed by atoms with Crippen LogP contribution in [0.25, 0.3) is 0 Å². The lowest BCUT2D eigenvalue weighted by molar-refractivity contribution is 1.53. The maximum Gasteiger partial charge on any atom is 0.175 e. The van der Waals surface area contributed by atoms with Crippen molar-refractivity contribution in [1.29, 1.82) is 0 Å². The molecule has 0 heterocycles. The van der Waals surface area contributed by atoms with E-state index in [0.717, 1.165) is 34.1 Å². The molecular formula is C25H22N4S. The second-order valence-corrected chi connectivity index (χ2v) is 7.12. The van der Waals surface area contributed by atoms with Crippen LogP contribution in [0.3, 0.4) is 0 Å². The lowest BCUT2D eigenvalue weighted by Gasteiger charge is -2.12. The average Bonchev–Trinajstić information content (AvgIpc) is 2.78. The van der Waals surface area contributed by atoms with Gasteiger partial charge in [-0.2, -0.15) is 0 Å². The monoisotopic (exact) mass is 410 g/mol. The third-order valence-corrected chi connectivity index (χ3v) is 4.61. The number of anilines is 6. The number of para-hydroxylation sites is 2. The summed E-state index contributed by atoms with van der Waals surface area (Å²) in [7, 11) is 0. The first-order valence-electron chi connectivity index (χ1n) is 9.67. The van der Waals surface area contributed by atoms with Gasteiger partial charge in [0.2, 0.25) is 0 Å². The van der Waals surface area contributed by atoms with Gasteiger partial charge in [0.1, 0.15) is 0 Å². The number of hydrogen-bond acceptors (Lipinski definition) is 3. The van der Waals surface area contributed by atoms with Crippen molar-refractivity contribution in [3.63, 3.8) is 0 Å². The Morgan fingerprint density at radius 2 is 0.700 bits per heavy atom. The molecule has 0 aromatic heterocycles. The first kappa shape index (κ1) is 19.5. The molecule has 5 heteroatoms. The van der Waals surface area contributed by atoms with Crippen LogP contribution in [-0.2, 0) is 0 Å². The summed E-state index contributed by atoms with van der Waals surface area (Å²) in [5.74, 6) is 0. The largest absolute Gasteiger partial charge is 0.356 e. The first-order chi connectivity index (χ1) is 14.7. The third-order valence-electron chi connectivity index (χ3n) is 4.41. The fourth-order valence-corrected chi connectivity index (χ4v) is 3.18. The molecule has 0 saturated heterocycles. The van der Waals surface area contributed by atoms with Gasteiger partial charge >= 0.3 is 0 Å². The summed E-state index contributed by atoms with van der Waals surface area (Å²) in [6.45, 7) is 0. The van der Waals surface area contributed by atoms with Gasteiger partial charge in [0.05, 0.1) is 0 Å². The molecule has 0 aliphatic rings. The van der Waals surface area contributed by atoms with E-state index in [1.54, 1.807) is 0 Å². The Hall–Kier alpha value is -3.83. The van der Waals surface area contributed by atoms with E-state index in [9.17, 15) is 0 Å². The van der Waals surface area contributed by atoms with E-state index < -0.39 is 0 Å². The van der Waals surface area contributed by atoms with Crippen LogP contribution in [0.1, 0.15) is 0 Å². The summed E-state index contributed by atoms with van der Waals surface area (Å²) in [6.07, 6.45) is 0. The van der Waals surface area contributed by atoms with Gasteiger partial charge in [0, 0.05) is 34.1 Å². The number of nitrogens with one attached hydrogen (secondary N) is 4. The molecule has 4 aromatic rings. The predicted octanol–water partition coefficient (Wildman–Crippen LogP) is 6.98. The summed E-state index contributed by atoms with van der Waals surface area (Å²) in [5.41, 5.74) is 6.00. The van der Waals surface area contributed by atoms with Crippen LogP contribution in [-0.4, -0.2) is 5.11 Å². The molecule has 0 radical (unpaired) electrons. The minimum absolute atomic E-state index is 0.544. The molecule has 30 heavy (non-hydrogen) atoms. The zero-order chi connectivity index (χ0) is 20.6. The summed E-state index contributed by atoms with van der Waals surface area (Å²) in [5, 5.41) is 13.7. The molecule has 0 aliphatic heterocycles. The van der Waals surface area contributed by atoms with Crippen LogP contribution >= 0.6 is 12.2 Å². The molecule has 4 N–H and O–H groups in total. The zero-order valence-electron chi connectivity index (χ0n) is 16.3. The standard InChI is InChI=1S/C25H22N4S/c30-25(28-23-15-11-21(12-16-23)26-19-7-3-1-4-8-19)29-24-17-13-22(14-18-24)27-20-9-5-2-6-10-20/h1-18,26-27H,(H2,28,29,30). The molecule has 0 aliphatic carbocycles. The quantitative estimate of drug-likeness (QED) is 0.258. The Kier molecular flexibility index (Phi) is 6.22. The summed E-state index contributed by atoms with van der Waals surface area (Å²) in [4.78, 5) is 0. The van der Waals surface area contributed by atoms with Gasteiger partial charge in [-0.05, 0) is 85.0 Å². The van der Waals surface area contributed by atoms with E-state index in [-0.39, 0.29) is 0 Å². The molecule has 4 nitrogen and oxygen atoms in total. The maximum atomic E-state index is 5.44. The fraction of sp³-hybridized carbons (Fsp3) is 0. The van der Waals surface area contributed by atoms with Crippen LogP contribution in [0.2, 0.25) is 0 Å². The Balaban J connectivity index is 1.30. The number of benzene rings is 4. The van der Waals surface area contributed by atoms with Crippen molar-refractivity contribution in [2.75, 3.05) is 21.3 Å². The van der Waals surface area contributed by atoms with Gasteiger partial charge in [-0.15, -0.1) is 0 Å². The van der Waals surface area contributed by atoms with Gasteiger partial charge in [-0.1, -0.05) is 36.4 Å². The van der Waals surface area contributed by atoms with Crippen molar-refractivity contribution in [2.45, 2.75) is 0 Å². The summed E-state index contributed by atoms with van der Waals surface area (Å²) < 4.78 is 0. The van der Waals surface area contributed by atoms with E-state index in [4.69, 9.17) is 12.2 Å². The molecule has 0 spiro atoms. The van der Waals surface area contributed by atoms with Gasteiger partial charge in [0.15, 0.2) is 5.11 Å². The van der Waals surface area contributed by atoms with Crippen molar-refractivity contribution in [2.24, 2.45) is 0 Å². The smallest absolute Gasteiger partial charge is 0.175 e. The predicted molar refractivity (Wildman–Crippen MR) is 132 cm³/mol. The molecule has 148 valence electrons. The van der Waals surface area contributed by atoms with Crippen LogP contribution in [0.15, 0.2) is 109 Å². The highest BCUT2D eigenvalue weighted by molar-refractivity contribution is 7.80. The van der Waals surface area contributed by atoms with Crippen molar-refractivity contribution >= 4 is 51.5 Å². The van der Waals surface area contributed by atoms with Crippen molar-refractivity contribution in [3.8, 4) is 0 Å². The Morgan fingerprint density at radius 3 is 1.07 bits per heavy atom. The molecular weight excluding hydrogens is 388 g/mol. The van der Waals surface area contributed by atoms with Crippen LogP contribution in [0.5, 0.6) is 0 Å². The molecule has 0 fully saturated rings. The molecule has 0 unspecified atom stereocenters. The van der Waals surface area contributed by atoms with Gasteiger partial charge in [-0.25, -0.2) is 0 Å². The summed E-state index contributed by atoms with van der Waals surface area (Å²) >= 11 is 5.44. The Bertz CT molecular complexity index is 991. The normalized spacial score (nSPS) is 10.1. The maximum absolute atomic E-state index is 5.44. The minimum atomic E-state index is 0.544. The van der Waals surface area contributed by atoms with E-state index >= 15 is 0 Å². The van der Waals surface area contributed by atoms with Crippen LogP contribution in [0, 0.1) is 0 Å². The molecule has 4 rings (SSSR count). The second-order valence-electron chi connectivity index (χ2n) is 6.72. The Labute approximate surface area is 182 Å². The molecule has 0 saturated carbocycles. The van der Waals surface area contributed by atoms with Gasteiger partial charge in [-0.3, -0.25) is 0 Å². The highest BCUT2D eigenvalue weighted by Crippen LogP contribution is 2.20. The van der Waals surface area contributed by atoms with Crippen molar-refractivity contribution in [1.82, 2.24) is 0 Å². The van der Waals surface area contributed by atoms with E-state index in [2.05, 4.69) is 21.3 Å². The number of hydrogen-bond donors (Lipinski definition) is 4. The lowest BCUT2D eigenvalue weighted by Crippen LogP contribution is -2.18. The van der Waals surface area contributed by atoms with E-state index in [1.165, 1.54) is 0 Å². The SMILES string of the molecule is S=C(Nc1ccc(Nc2ccccc2)cc1)Nc1ccc(Nc2ccccc2)cc1. The number of thiocarbonyl (C=S) groups is 1.